The molecule has 0 aromatic carbocycles. The number of fused-ring (bicyclic) bond motifs is 3. The lowest BCUT2D eigenvalue weighted by molar-refractivity contribution is 0.109. The van der Waals surface area contributed by atoms with Gasteiger partial charge >= 0.3 is 0 Å². The third kappa shape index (κ3) is 3.33. The van der Waals surface area contributed by atoms with Crippen molar-refractivity contribution in [2.45, 2.75) is 25.9 Å². The van der Waals surface area contributed by atoms with Gasteiger partial charge < -0.3 is 9.47 Å². The highest BCUT2D eigenvalue weighted by Crippen LogP contribution is 1.97. The molecule has 10 heteroatoms. The fourth-order valence-corrected chi connectivity index (χ4v) is 1.88. The van der Waals surface area contributed by atoms with Crippen molar-refractivity contribution < 1.29 is 9.47 Å². The maximum Gasteiger partial charge on any atom is 0.177 e. The van der Waals surface area contributed by atoms with Crippen molar-refractivity contribution in [2.24, 2.45) is 0 Å². The second-order valence-corrected chi connectivity index (χ2v) is 4.34. The fourth-order valence-electron chi connectivity index (χ4n) is 1.88. The molecule has 0 N–H and O–H groups in total. The summed E-state index contributed by atoms with van der Waals surface area (Å²) < 4.78 is 12.8. The molecule has 0 fully saturated rings. The maximum atomic E-state index is 5.55. The normalized spacial score (nSPS) is 18.0. The first-order valence-corrected chi connectivity index (χ1v) is 6.59. The molecule has 0 atom stereocenters. The van der Waals surface area contributed by atoms with Gasteiger partial charge in [-0.25, -0.2) is 4.68 Å². The Labute approximate surface area is 115 Å². The zero-order valence-electron chi connectivity index (χ0n) is 11.1. The monoisotopic (exact) mass is 280 g/mol. The highest BCUT2D eigenvalue weighted by molar-refractivity contribution is 4.81. The minimum Gasteiger partial charge on any atom is -0.381 e. The smallest absolute Gasteiger partial charge is 0.177 e. The molecule has 0 aliphatic carbocycles. The molecule has 3 heterocycles. The lowest BCUT2D eigenvalue weighted by atomic mass is 10.4. The van der Waals surface area contributed by atoms with E-state index in [-0.39, 0.29) is 0 Å². The van der Waals surface area contributed by atoms with E-state index in [1.54, 1.807) is 4.68 Å². The van der Waals surface area contributed by atoms with Crippen molar-refractivity contribution in [1.29, 1.82) is 0 Å². The maximum absolute atomic E-state index is 5.55. The van der Waals surface area contributed by atoms with Crippen LogP contribution in [0.3, 0.4) is 0 Å². The molecular weight excluding hydrogens is 264 g/mol. The van der Waals surface area contributed by atoms with E-state index in [1.807, 2.05) is 0 Å². The number of hydrogen-bond donors (Lipinski definition) is 0. The predicted octanol–water partition coefficient (Wildman–Crippen LogP) is -1.51. The van der Waals surface area contributed by atoms with Crippen molar-refractivity contribution >= 4 is 0 Å². The van der Waals surface area contributed by atoms with Gasteiger partial charge in [0.2, 0.25) is 0 Å². The van der Waals surface area contributed by atoms with E-state index in [9.17, 15) is 0 Å². The van der Waals surface area contributed by atoms with Gasteiger partial charge in [-0.1, -0.05) is 0 Å². The van der Waals surface area contributed by atoms with Crippen LogP contribution < -0.4 is 0 Å². The highest BCUT2D eigenvalue weighted by atomic mass is 16.5. The first-order chi connectivity index (χ1) is 9.92. The molecule has 20 heavy (non-hydrogen) atoms. The van der Waals surface area contributed by atoms with E-state index in [0.29, 0.717) is 58.2 Å². The van der Waals surface area contributed by atoms with Gasteiger partial charge in [0.25, 0.3) is 0 Å². The molecule has 2 bridgehead atoms. The molecule has 0 saturated carbocycles. The van der Waals surface area contributed by atoms with Gasteiger partial charge in [-0.2, -0.15) is 4.80 Å². The van der Waals surface area contributed by atoms with E-state index in [2.05, 4.69) is 30.9 Å². The van der Waals surface area contributed by atoms with Crippen LogP contribution in [0.4, 0.5) is 0 Å². The molecule has 0 radical (unpaired) electrons. The van der Waals surface area contributed by atoms with Gasteiger partial charge in [-0.3, -0.25) is 0 Å². The first kappa shape index (κ1) is 13.1. The van der Waals surface area contributed by atoms with Crippen LogP contribution in [0, 0.1) is 0 Å². The third-order valence-electron chi connectivity index (χ3n) is 2.92. The Morgan fingerprint density at radius 1 is 0.850 bits per heavy atom. The van der Waals surface area contributed by atoms with Crippen LogP contribution >= 0.6 is 0 Å². The molecule has 0 amide bonds. The highest BCUT2D eigenvalue weighted by Gasteiger charge is 2.08. The van der Waals surface area contributed by atoms with Crippen LogP contribution in [0.2, 0.25) is 0 Å². The summed E-state index contributed by atoms with van der Waals surface area (Å²) in [5.74, 6) is 1.50. The number of rotatable bonds is 0. The summed E-state index contributed by atoms with van der Waals surface area (Å²) in [4.78, 5) is 1.54. The molecule has 2 aromatic heterocycles. The third-order valence-corrected chi connectivity index (χ3v) is 2.92. The van der Waals surface area contributed by atoms with Crippen LogP contribution in [0.5, 0.6) is 0 Å². The average molecular weight is 280 g/mol. The van der Waals surface area contributed by atoms with E-state index in [0.717, 1.165) is 5.82 Å². The summed E-state index contributed by atoms with van der Waals surface area (Å²) in [6.07, 6.45) is 1.32. The van der Waals surface area contributed by atoms with Crippen LogP contribution in [0.25, 0.3) is 0 Å². The number of tetrazole rings is 2. The molecule has 108 valence electrons. The quantitative estimate of drug-likeness (QED) is 0.573. The van der Waals surface area contributed by atoms with Crippen molar-refractivity contribution in [1.82, 2.24) is 40.4 Å². The van der Waals surface area contributed by atoms with Crippen LogP contribution in [0.1, 0.15) is 11.6 Å². The van der Waals surface area contributed by atoms with Crippen LogP contribution in [-0.2, 0) is 35.4 Å². The SMILES string of the molecule is C1Cc2nnn(n2)CCOCCn2nnnc2CCO1. The van der Waals surface area contributed by atoms with E-state index in [4.69, 9.17) is 9.47 Å². The molecular formula is C10H16N8O2. The first-order valence-electron chi connectivity index (χ1n) is 6.59. The number of aromatic nitrogens is 8. The fraction of sp³-hybridized carbons (Fsp3) is 0.800. The van der Waals surface area contributed by atoms with Gasteiger partial charge in [-0.15, -0.1) is 15.3 Å². The molecule has 10 nitrogen and oxygen atoms in total. The minimum absolute atomic E-state index is 0.532. The molecule has 1 aliphatic rings. The van der Waals surface area contributed by atoms with Gasteiger partial charge in [0.15, 0.2) is 11.6 Å². The Balaban J connectivity index is 1.62. The average Bonchev–Trinajstić information content (AvgIpc) is 3.07. The summed E-state index contributed by atoms with van der Waals surface area (Å²) in [7, 11) is 0. The van der Waals surface area contributed by atoms with Crippen molar-refractivity contribution in [3.8, 4) is 0 Å². The van der Waals surface area contributed by atoms with Gasteiger partial charge in [0.05, 0.1) is 39.5 Å². The lowest BCUT2D eigenvalue weighted by Crippen LogP contribution is -2.15. The second kappa shape index (κ2) is 6.48. The summed E-state index contributed by atoms with van der Waals surface area (Å²) in [6, 6.07) is 0. The zero-order chi connectivity index (χ0) is 13.6. The van der Waals surface area contributed by atoms with E-state index in [1.165, 1.54) is 4.80 Å². The van der Waals surface area contributed by atoms with Gasteiger partial charge in [-0.05, 0) is 15.6 Å². The van der Waals surface area contributed by atoms with Crippen LogP contribution in [-0.4, -0.2) is 66.8 Å². The largest absolute Gasteiger partial charge is 0.381 e. The van der Waals surface area contributed by atoms with Gasteiger partial charge in [0.1, 0.15) is 0 Å². The summed E-state index contributed by atoms with van der Waals surface area (Å²) in [5.41, 5.74) is 0. The predicted molar refractivity (Wildman–Crippen MR) is 64.7 cm³/mol. The lowest BCUT2D eigenvalue weighted by Gasteiger charge is -2.06. The Morgan fingerprint density at radius 2 is 1.70 bits per heavy atom. The molecule has 2 aromatic rings. The van der Waals surface area contributed by atoms with Crippen molar-refractivity contribution in [3.05, 3.63) is 11.6 Å². The molecule has 0 saturated heterocycles. The van der Waals surface area contributed by atoms with E-state index >= 15 is 0 Å². The van der Waals surface area contributed by atoms with Crippen molar-refractivity contribution in [2.75, 3.05) is 26.4 Å². The number of hydrogen-bond acceptors (Lipinski definition) is 8. The molecule has 0 spiro atoms. The van der Waals surface area contributed by atoms with Crippen molar-refractivity contribution in [3.63, 3.8) is 0 Å². The Kier molecular flexibility index (Phi) is 4.23. The molecule has 1 aliphatic heterocycles. The van der Waals surface area contributed by atoms with Crippen LogP contribution in [0.15, 0.2) is 0 Å². The molecule has 3 rings (SSSR count). The number of ether oxygens (including phenoxy) is 2. The Morgan fingerprint density at radius 3 is 2.70 bits per heavy atom. The summed E-state index contributed by atoms with van der Waals surface area (Å²) >= 11 is 0. The standard InChI is InChI=1S/C10H16N8O2/c1-5-19-6-2-10-12-14-16-17(10)3-7-20-8-4-18-13-9(1)11-15-18/h1-8H2. The Hall–Kier alpha value is -1.94. The summed E-state index contributed by atoms with van der Waals surface area (Å²) in [5, 5.41) is 23.8. The van der Waals surface area contributed by atoms with Gasteiger partial charge in [0, 0.05) is 12.8 Å². The minimum atomic E-state index is 0.532. The second-order valence-electron chi connectivity index (χ2n) is 4.34. The zero-order valence-corrected chi connectivity index (χ0v) is 11.1. The topological polar surface area (TPSA) is 106 Å². The molecule has 0 unspecified atom stereocenters. The summed E-state index contributed by atoms with van der Waals surface area (Å²) in [6.45, 7) is 3.40. The number of nitrogens with zero attached hydrogens (tertiary/aromatic N) is 8. The Bertz CT molecular complexity index is 496. The van der Waals surface area contributed by atoms with E-state index < -0.39 is 0 Å².